The van der Waals surface area contributed by atoms with Gasteiger partial charge in [-0.05, 0) is 50.3 Å². The highest BCUT2D eigenvalue weighted by Gasteiger charge is 2.24. The van der Waals surface area contributed by atoms with E-state index in [2.05, 4.69) is 5.32 Å². The number of aryl methyl sites for hydroxylation is 3. The van der Waals surface area contributed by atoms with E-state index in [0.717, 1.165) is 58.8 Å². The molecule has 1 aliphatic heterocycles. The van der Waals surface area contributed by atoms with E-state index in [1.807, 2.05) is 13.0 Å². The highest BCUT2D eigenvalue weighted by molar-refractivity contribution is 7.94. The lowest BCUT2D eigenvalue weighted by atomic mass is 9.94. The zero-order valence-corrected chi connectivity index (χ0v) is 18.0. The maximum absolute atomic E-state index is 12.6. The van der Waals surface area contributed by atoms with Crippen molar-refractivity contribution in [2.45, 2.75) is 51.5 Å². The molecule has 0 saturated heterocycles. The van der Waals surface area contributed by atoms with Crippen molar-refractivity contribution in [3.63, 3.8) is 0 Å². The van der Waals surface area contributed by atoms with Crippen molar-refractivity contribution in [2.75, 3.05) is 5.75 Å². The Morgan fingerprint density at radius 2 is 1.90 bits per heavy atom. The first kappa shape index (κ1) is 20.1. The Bertz CT molecular complexity index is 1410. The van der Waals surface area contributed by atoms with Crippen molar-refractivity contribution in [1.82, 2.24) is 5.32 Å². The van der Waals surface area contributed by atoms with Gasteiger partial charge in [-0.1, -0.05) is 0 Å². The third-order valence-corrected chi connectivity index (χ3v) is 7.64. The van der Waals surface area contributed by atoms with Crippen LogP contribution in [0.1, 0.15) is 41.7 Å². The number of carbonyl (C=O) groups excluding carboxylic acids is 1. The molecule has 8 heteroatoms. The van der Waals surface area contributed by atoms with E-state index in [0.29, 0.717) is 11.1 Å². The average Bonchev–Trinajstić information content (AvgIpc) is 3.25. The van der Waals surface area contributed by atoms with Crippen LogP contribution in [0.3, 0.4) is 0 Å². The summed E-state index contributed by atoms with van der Waals surface area (Å²) < 4.78 is 34.5. The van der Waals surface area contributed by atoms with Crippen molar-refractivity contribution >= 4 is 37.7 Å². The molecule has 1 aliphatic carbocycles. The summed E-state index contributed by atoms with van der Waals surface area (Å²) in [5.74, 6) is 0.599. The zero-order valence-electron chi connectivity index (χ0n) is 17.2. The van der Waals surface area contributed by atoms with E-state index < -0.39 is 21.5 Å². The van der Waals surface area contributed by atoms with Crippen molar-refractivity contribution in [2.24, 2.45) is 0 Å². The maximum Gasteiger partial charge on any atom is 0.339 e. The number of amides is 1. The first-order chi connectivity index (χ1) is 14.8. The predicted molar refractivity (Wildman–Crippen MR) is 117 cm³/mol. The van der Waals surface area contributed by atoms with Gasteiger partial charge < -0.3 is 14.2 Å². The number of hydrogen-bond donors (Lipinski definition) is 1. The minimum absolute atomic E-state index is 0.0743. The third kappa shape index (κ3) is 3.69. The lowest BCUT2D eigenvalue weighted by molar-refractivity contribution is -0.121. The molecule has 3 heterocycles. The van der Waals surface area contributed by atoms with Crippen LogP contribution in [0.15, 0.2) is 37.2 Å². The quantitative estimate of drug-likeness (QED) is 0.624. The van der Waals surface area contributed by atoms with E-state index >= 15 is 0 Å². The summed E-state index contributed by atoms with van der Waals surface area (Å²) >= 11 is 0. The van der Waals surface area contributed by atoms with Gasteiger partial charge in [-0.15, -0.1) is 0 Å². The summed E-state index contributed by atoms with van der Waals surface area (Å²) in [7, 11) is -3.23. The molecule has 1 atom stereocenters. The van der Waals surface area contributed by atoms with Crippen molar-refractivity contribution in [3.05, 3.63) is 56.5 Å². The topological polar surface area (TPSA) is 107 Å². The summed E-state index contributed by atoms with van der Waals surface area (Å²) in [4.78, 5) is 24.9. The lowest BCUT2D eigenvalue weighted by Crippen LogP contribution is -2.35. The Hall–Kier alpha value is -2.87. The highest BCUT2D eigenvalue weighted by atomic mass is 32.2. The molecule has 2 aliphatic rings. The largest absolute Gasteiger partial charge is 0.461 e. The van der Waals surface area contributed by atoms with E-state index in [-0.39, 0.29) is 24.5 Å². The average molecular weight is 442 g/mol. The molecule has 2 aromatic heterocycles. The number of fused-ring (bicyclic) bond motifs is 4. The monoisotopic (exact) mass is 441 g/mol. The summed E-state index contributed by atoms with van der Waals surface area (Å²) in [6, 6.07) is 3.31. The standard InChI is InChI=1S/C23H23NO6S/c1-13-15(6-7-22(25)24-14-8-9-31(27,28)12-14)23(26)30-20-11-21-18(10-17(13)20)16-4-2-3-5-19(16)29-21/h8-11,14H,2-7,12H2,1H3,(H,24,25)/t14-/m0/s1. The molecule has 0 unspecified atom stereocenters. The van der Waals surface area contributed by atoms with Crippen LogP contribution in [0.2, 0.25) is 0 Å². The smallest absolute Gasteiger partial charge is 0.339 e. The summed E-state index contributed by atoms with van der Waals surface area (Å²) in [6.45, 7) is 1.87. The number of nitrogens with one attached hydrogen (secondary N) is 1. The number of carbonyl (C=O) groups is 1. The molecular weight excluding hydrogens is 418 g/mol. The van der Waals surface area contributed by atoms with Gasteiger partial charge in [0.2, 0.25) is 5.91 Å². The highest BCUT2D eigenvalue weighted by Crippen LogP contribution is 2.35. The predicted octanol–water partition coefficient (Wildman–Crippen LogP) is 3.09. The molecule has 1 aromatic carbocycles. The zero-order chi connectivity index (χ0) is 21.8. The van der Waals surface area contributed by atoms with Gasteiger partial charge in [-0.2, -0.15) is 0 Å². The fraction of sp³-hybridized carbons (Fsp3) is 0.391. The molecule has 0 spiro atoms. The van der Waals surface area contributed by atoms with Gasteiger partial charge in [0.1, 0.15) is 16.9 Å². The van der Waals surface area contributed by atoms with Crippen LogP contribution in [0.4, 0.5) is 0 Å². The molecule has 31 heavy (non-hydrogen) atoms. The molecule has 1 amide bonds. The molecule has 5 rings (SSSR count). The van der Waals surface area contributed by atoms with Crippen LogP contribution in [0.25, 0.3) is 21.9 Å². The van der Waals surface area contributed by atoms with Crippen LogP contribution in [0, 0.1) is 6.92 Å². The molecule has 0 saturated carbocycles. The van der Waals surface area contributed by atoms with Gasteiger partial charge in [0.05, 0.1) is 11.8 Å². The first-order valence-corrected chi connectivity index (χ1v) is 12.2. The number of sulfone groups is 1. The van der Waals surface area contributed by atoms with Crippen molar-refractivity contribution in [1.29, 1.82) is 0 Å². The second-order valence-electron chi connectivity index (χ2n) is 8.38. The Morgan fingerprint density at radius 1 is 1.13 bits per heavy atom. The number of rotatable bonds is 4. The van der Waals surface area contributed by atoms with Crippen molar-refractivity contribution < 1.29 is 22.0 Å². The second-order valence-corrected chi connectivity index (χ2v) is 10.3. The molecule has 0 radical (unpaired) electrons. The number of benzene rings is 1. The lowest BCUT2D eigenvalue weighted by Gasteiger charge is -2.11. The third-order valence-electron chi connectivity index (χ3n) is 6.24. The van der Waals surface area contributed by atoms with Gasteiger partial charge in [0, 0.05) is 46.2 Å². The van der Waals surface area contributed by atoms with Gasteiger partial charge >= 0.3 is 5.63 Å². The molecule has 1 N–H and O–H groups in total. The van der Waals surface area contributed by atoms with E-state index in [1.165, 1.54) is 11.6 Å². The van der Waals surface area contributed by atoms with Crippen LogP contribution in [-0.2, 0) is 33.9 Å². The van der Waals surface area contributed by atoms with Crippen molar-refractivity contribution in [3.8, 4) is 0 Å². The second kappa shape index (κ2) is 7.37. The van der Waals surface area contributed by atoms with Gasteiger partial charge in [0.15, 0.2) is 9.84 Å². The Morgan fingerprint density at radius 3 is 2.68 bits per heavy atom. The Labute approximate surface area is 179 Å². The normalized spacial score (nSPS) is 19.7. The van der Waals surface area contributed by atoms with E-state index in [1.54, 1.807) is 6.07 Å². The van der Waals surface area contributed by atoms with Gasteiger partial charge in [-0.3, -0.25) is 4.79 Å². The van der Waals surface area contributed by atoms with Gasteiger partial charge in [0.25, 0.3) is 0 Å². The van der Waals surface area contributed by atoms with Crippen LogP contribution < -0.4 is 10.9 Å². The molecule has 0 bridgehead atoms. The number of hydrogen-bond acceptors (Lipinski definition) is 6. The summed E-state index contributed by atoms with van der Waals surface area (Å²) in [5, 5.41) is 5.72. The Balaban J connectivity index is 1.42. The first-order valence-electron chi connectivity index (χ1n) is 10.5. The van der Waals surface area contributed by atoms with Crippen LogP contribution in [0.5, 0.6) is 0 Å². The minimum atomic E-state index is -3.23. The van der Waals surface area contributed by atoms with Crippen LogP contribution >= 0.6 is 0 Å². The summed E-state index contributed by atoms with van der Waals surface area (Å²) in [5.41, 5.74) is 3.28. The van der Waals surface area contributed by atoms with Crippen LogP contribution in [-0.4, -0.2) is 26.1 Å². The fourth-order valence-corrected chi connectivity index (χ4v) is 5.85. The molecule has 7 nitrogen and oxygen atoms in total. The minimum Gasteiger partial charge on any atom is -0.461 e. The SMILES string of the molecule is Cc1c(CCC(=O)N[C@H]2C=CS(=O)(=O)C2)c(=O)oc2cc3oc4c(c3cc12)CCCC4. The van der Waals surface area contributed by atoms with E-state index in [4.69, 9.17) is 8.83 Å². The maximum atomic E-state index is 12.6. The van der Waals surface area contributed by atoms with E-state index in [9.17, 15) is 18.0 Å². The van der Waals surface area contributed by atoms with Gasteiger partial charge in [-0.25, -0.2) is 13.2 Å². The molecular formula is C23H23NO6S. The Kier molecular flexibility index (Phi) is 4.77. The molecule has 162 valence electrons. The molecule has 0 fully saturated rings. The summed E-state index contributed by atoms with van der Waals surface area (Å²) in [6.07, 6.45) is 5.95. The fourth-order valence-electron chi connectivity index (χ4n) is 4.62. The number of furan rings is 1. The molecule has 3 aromatic rings.